The molecule has 0 spiro atoms. The van der Waals surface area contributed by atoms with Gasteiger partial charge in [-0.15, -0.1) is 0 Å². The highest BCUT2D eigenvalue weighted by molar-refractivity contribution is 9.09. The first-order valence-corrected chi connectivity index (χ1v) is 7.78. The van der Waals surface area contributed by atoms with Crippen LogP contribution in [-0.2, 0) is 0 Å². The van der Waals surface area contributed by atoms with Crippen molar-refractivity contribution < 1.29 is 0 Å². The van der Waals surface area contributed by atoms with Gasteiger partial charge >= 0.3 is 0 Å². The lowest BCUT2D eigenvalue weighted by Crippen LogP contribution is -2.40. The summed E-state index contributed by atoms with van der Waals surface area (Å²) >= 11 is 5.15. The van der Waals surface area contributed by atoms with E-state index in [4.69, 9.17) is 0 Å². The monoisotopic (exact) mass is 303 g/mol. The second kappa shape index (κ2) is 5.45. The summed E-state index contributed by atoms with van der Waals surface area (Å²) in [7, 11) is 0. The molecule has 3 nitrogen and oxygen atoms in total. The second-order valence-corrected chi connectivity index (χ2v) is 5.96. The third-order valence-corrected chi connectivity index (χ3v) is 4.51. The first-order chi connectivity index (χ1) is 7.72. The fourth-order valence-electron chi connectivity index (χ4n) is 1.99. The number of halogens is 1. The SMILES string of the molecule is CC(C)c1nsc(N2CCCCC2CBr)n1. The number of hydrogen-bond acceptors (Lipinski definition) is 4. The standard InChI is InChI=1S/C11H18BrN3S/c1-8(2)10-13-11(16-14-10)15-6-4-3-5-9(15)7-12/h8-9H,3-7H2,1-2H3. The van der Waals surface area contributed by atoms with E-state index in [1.54, 1.807) is 11.5 Å². The van der Waals surface area contributed by atoms with Crippen LogP contribution in [0.5, 0.6) is 0 Å². The first kappa shape index (κ1) is 12.3. The van der Waals surface area contributed by atoms with Gasteiger partial charge in [0.25, 0.3) is 0 Å². The normalized spacial score (nSPS) is 21.8. The molecule has 1 aromatic rings. The molecular formula is C11H18BrN3S. The van der Waals surface area contributed by atoms with E-state index in [-0.39, 0.29) is 0 Å². The molecule has 0 bridgehead atoms. The van der Waals surface area contributed by atoms with Gasteiger partial charge < -0.3 is 4.90 Å². The second-order valence-electron chi connectivity index (χ2n) is 4.59. The van der Waals surface area contributed by atoms with Crippen molar-refractivity contribution >= 4 is 32.6 Å². The van der Waals surface area contributed by atoms with E-state index in [0.29, 0.717) is 12.0 Å². The molecule has 0 aromatic carbocycles. The average molecular weight is 304 g/mol. The Labute approximate surface area is 110 Å². The summed E-state index contributed by atoms with van der Waals surface area (Å²) in [6.07, 6.45) is 3.88. The molecule has 1 aliphatic heterocycles. The number of alkyl halides is 1. The van der Waals surface area contributed by atoms with Gasteiger partial charge in [-0.25, -0.2) is 4.98 Å². The Bertz CT molecular complexity index is 340. The van der Waals surface area contributed by atoms with Crippen molar-refractivity contribution in [1.29, 1.82) is 0 Å². The molecule has 0 aliphatic carbocycles. The van der Waals surface area contributed by atoms with Gasteiger partial charge in [0, 0.05) is 35.4 Å². The highest BCUT2D eigenvalue weighted by Gasteiger charge is 2.24. The van der Waals surface area contributed by atoms with Crippen LogP contribution in [0.2, 0.25) is 0 Å². The van der Waals surface area contributed by atoms with Crippen molar-refractivity contribution in [2.75, 3.05) is 16.8 Å². The third-order valence-electron chi connectivity index (χ3n) is 3.00. The van der Waals surface area contributed by atoms with Gasteiger partial charge in [0.2, 0.25) is 5.13 Å². The molecule has 0 saturated carbocycles. The fourth-order valence-corrected chi connectivity index (χ4v) is 3.57. The van der Waals surface area contributed by atoms with Crippen LogP contribution >= 0.6 is 27.5 Å². The molecule has 1 fully saturated rings. The molecule has 0 radical (unpaired) electrons. The van der Waals surface area contributed by atoms with E-state index in [1.807, 2.05) is 0 Å². The van der Waals surface area contributed by atoms with Crippen LogP contribution in [0.3, 0.4) is 0 Å². The molecule has 1 saturated heterocycles. The predicted molar refractivity (Wildman–Crippen MR) is 72.8 cm³/mol. The van der Waals surface area contributed by atoms with Gasteiger partial charge in [-0.1, -0.05) is 29.8 Å². The summed E-state index contributed by atoms with van der Waals surface area (Å²) in [4.78, 5) is 7.06. The van der Waals surface area contributed by atoms with E-state index in [9.17, 15) is 0 Å². The molecule has 90 valence electrons. The molecule has 1 aliphatic rings. The van der Waals surface area contributed by atoms with Crippen molar-refractivity contribution in [2.24, 2.45) is 0 Å². The summed E-state index contributed by atoms with van der Waals surface area (Å²) in [6.45, 7) is 5.41. The van der Waals surface area contributed by atoms with Gasteiger partial charge in [-0.05, 0) is 19.3 Å². The van der Waals surface area contributed by atoms with E-state index < -0.39 is 0 Å². The van der Waals surface area contributed by atoms with E-state index >= 15 is 0 Å². The maximum atomic E-state index is 4.64. The summed E-state index contributed by atoms with van der Waals surface area (Å²) in [5, 5.41) is 2.14. The van der Waals surface area contributed by atoms with Crippen LogP contribution in [0.1, 0.15) is 44.9 Å². The van der Waals surface area contributed by atoms with Crippen LogP contribution in [0, 0.1) is 0 Å². The van der Waals surface area contributed by atoms with Crippen LogP contribution < -0.4 is 4.90 Å². The minimum Gasteiger partial charge on any atom is -0.343 e. The summed E-state index contributed by atoms with van der Waals surface area (Å²) < 4.78 is 4.43. The maximum Gasteiger partial charge on any atom is 0.205 e. The van der Waals surface area contributed by atoms with Crippen LogP contribution in [0.4, 0.5) is 5.13 Å². The molecule has 2 heterocycles. The molecule has 5 heteroatoms. The quantitative estimate of drug-likeness (QED) is 0.801. The first-order valence-electron chi connectivity index (χ1n) is 5.88. The maximum absolute atomic E-state index is 4.64. The Morgan fingerprint density at radius 3 is 2.94 bits per heavy atom. The summed E-state index contributed by atoms with van der Waals surface area (Å²) in [6, 6.07) is 0.599. The predicted octanol–water partition coefficient (Wildman–Crippen LogP) is 3.42. The Hall–Kier alpha value is -0.160. The summed E-state index contributed by atoms with van der Waals surface area (Å²) in [5.74, 6) is 1.41. The Kier molecular flexibility index (Phi) is 4.19. The molecule has 1 unspecified atom stereocenters. The van der Waals surface area contributed by atoms with Gasteiger partial charge in [0.1, 0.15) is 5.82 Å². The van der Waals surface area contributed by atoms with Crippen molar-refractivity contribution in [3.8, 4) is 0 Å². The Balaban J connectivity index is 2.14. The minimum atomic E-state index is 0.428. The zero-order valence-corrected chi connectivity index (χ0v) is 12.2. The highest BCUT2D eigenvalue weighted by atomic mass is 79.9. The minimum absolute atomic E-state index is 0.428. The zero-order valence-electron chi connectivity index (χ0n) is 9.82. The Morgan fingerprint density at radius 1 is 1.50 bits per heavy atom. The van der Waals surface area contributed by atoms with Crippen molar-refractivity contribution in [2.45, 2.75) is 45.1 Å². The largest absolute Gasteiger partial charge is 0.343 e. The number of nitrogens with zero attached hydrogens (tertiary/aromatic N) is 3. The zero-order chi connectivity index (χ0) is 11.5. The number of hydrogen-bond donors (Lipinski definition) is 0. The highest BCUT2D eigenvalue weighted by Crippen LogP contribution is 2.28. The van der Waals surface area contributed by atoms with Gasteiger partial charge in [-0.3, -0.25) is 0 Å². The van der Waals surface area contributed by atoms with Crippen LogP contribution in [-0.4, -0.2) is 27.3 Å². The molecule has 16 heavy (non-hydrogen) atoms. The molecule has 1 aromatic heterocycles. The molecule has 0 N–H and O–H groups in total. The lowest BCUT2D eigenvalue weighted by atomic mass is 10.0. The molecule has 0 amide bonds. The molecule has 1 atom stereocenters. The third kappa shape index (κ3) is 2.56. The number of aromatic nitrogens is 2. The topological polar surface area (TPSA) is 29.0 Å². The van der Waals surface area contributed by atoms with Crippen molar-refractivity contribution in [3.63, 3.8) is 0 Å². The van der Waals surface area contributed by atoms with Crippen molar-refractivity contribution in [3.05, 3.63) is 5.82 Å². The molecular weight excluding hydrogens is 286 g/mol. The van der Waals surface area contributed by atoms with E-state index in [0.717, 1.165) is 22.8 Å². The number of anilines is 1. The molecule has 2 rings (SSSR count). The van der Waals surface area contributed by atoms with Gasteiger partial charge in [0.15, 0.2) is 0 Å². The average Bonchev–Trinajstić information content (AvgIpc) is 2.78. The van der Waals surface area contributed by atoms with Crippen molar-refractivity contribution in [1.82, 2.24) is 9.36 Å². The van der Waals surface area contributed by atoms with Crippen LogP contribution in [0.25, 0.3) is 0 Å². The van der Waals surface area contributed by atoms with E-state index in [2.05, 4.69) is 44.0 Å². The Morgan fingerprint density at radius 2 is 2.31 bits per heavy atom. The lowest BCUT2D eigenvalue weighted by molar-refractivity contribution is 0.490. The number of rotatable bonds is 3. The lowest BCUT2D eigenvalue weighted by Gasteiger charge is -2.34. The fraction of sp³-hybridized carbons (Fsp3) is 0.818. The van der Waals surface area contributed by atoms with Gasteiger partial charge in [-0.2, -0.15) is 4.37 Å². The summed E-state index contributed by atoms with van der Waals surface area (Å²) in [5.41, 5.74) is 0. The van der Waals surface area contributed by atoms with Gasteiger partial charge in [0.05, 0.1) is 0 Å². The number of piperidine rings is 1. The smallest absolute Gasteiger partial charge is 0.205 e. The van der Waals surface area contributed by atoms with E-state index in [1.165, 1.54) is 19.3 Å². The van der Waals surface area contributed by atoms with Crippen LogP contribution in [0.15, 0.2) is 0 Å².